The maximum Gasteiger partial charge on any atom is 0 e. The van der Waals surface area contributed by atoms with Crippen LogP contribution in [0.4, 0.5) is 0 Å². The van der Waals surface area contributed by atoms with E-state index in [2.05, 4.69) is 19.1 Å². The Balaban J connectivity index is -0.000000114. The van der Waals surface area contributed by atoms with E-state index in [0.717, 1.165) is 6.42 Å². The summed E-state index contributed by atoms with van der Waals surface area (Å²) in [5.74, 6) is 0. The van der Waals surface area contributed by atoms with E-state index in [4.69, 9.17) is 0 Å². The van der Waals surface area contributed by atoms with Gasteiger partial charge in [0.05, 0.1) is 0 Å². The average molecular weight is 194 g/mol. The van der Waals surface area contributed by atoms with E-state index in [-0.39, 0.29) is 34.1 Å². The van der Waals surface area contributed by atoms with Crippen LogP contribution in [0.1, 0.15) is 27.2 Å². The maximum absolute atomic E-state index is 3.05. The van der Waals surface area contributed by atoms with Crippen LogP contribution < -0.4 is 0 Å². The number of hydrogen-bond acceptors (Lipinski definition) is 0. The number of allylic oxidation sites excluding steroid dienone is 4. The van der Waals surface area contributed by atoms with Gasteiger partial charge in [-0.1, -0.05) is 20.8 Å². The normalized spacial score (nSPS) is 11.7. The first-order valence-corrected chi connectivity index (χ1v) is 3.12. The van der Waals surface area contributed by atoms with Gasteiger partial charge >= 0.3 is 0 Å². The summed E-state index contributed by atoms with van der Waals surface area (Å²) in [5, 5.41) is 0. The molecule has 0 aromatic carbocycles. The van der Waals surface area contributed by atoms with Gasteiger partial charge in [-0.15, -0.1) is 18.8 Å². The molecule has 0 saturated carbocycles. The molecule has 0 saturated heterocycles. The van der Waals surface area contributed by atoms with Crippen molar-refractivity contribution < 1.29 is 21.7 Å². The molecule has 2 heteroatoms. The van der Waals surface area contributed by atoms with E-state index in [1.807, 2.05) is 19.9 Å². The van der Waals surface area contributed by atoms with Crippen LogP contribution in [0.5, 0.6) is 0 Å². The molecule has 0 aliphatic heterocycles. The van der Waals surface area contributed by atoms with Crippen molar-refractivity contribution in [3.05, 3.63) is 23.8 Å². The maximum atomic E-state index is 3.05. The van der Waals surface area contributed by atoms with Crippen molar-refractivity contribution in [2.45, 2.75) is 27.2 Å². The summed E-state index contributed by atoms with van der Waals surface area (Å²) in [6, 6.07) is 0. The van der Waals surface area contributed by atoms with E-state index < -0.39 is 0 Å². The third kappa shape index (κ3) is 8.48. The largest absolute Gasteiger partial charge is 0.273 e. The van der Waals surface area contributed by atoms with E-state index in [1.165, 1.54) is 5.57 Å². The average Bonchev–Trinajstić information content (AvgIpc) is 2.24. The predicted molar refractivity (Wildman–Crippen MR) is 44.8 cm³/mol. The minimum absolute atomic E-state index is 0. The second kappa shape index (κ2) is 12.2. The minimum Gasteiger partial charge on any atom is -0.273 e. The molecule has 0 atom stereocenters. The van der Waals surface area contributed by atoms with Crippen molar-refractivity contribution in [3.63, 3.8) is 0 Å². The van der Waals surface area contributed by atoms with Crippen molar-refractivity contribution in [3.8, 4) is 0 Å². The van der Waals surface area contributed by atoms with Crippen molar-refractivity contribution in [1.82, 2.24) is 0 Å². The molecule has 0 aromatic rings. The summed E-state index contributed by atoms with van der Waals surface area (Å²) in [7, 11) is 0. The fraction of sp³-hybridized carbons (Fsp3) is 0.500. The third-order valence-corrected chi connectivity index (χ3v) is 0.867. The first-order chi connectivity index (χ1) is 3.89. The monoisotopic (exact) mass is 193 g/mol. The smallest absolute Gasteiger partial charge is 0 e. The van der Waals surface area contributed by atoms with Crippen LogP contribution in [0.15, 0.2) is 17.7 Å². The topological polar surface area (TPSA) is 0 Å². The zero-order chi connectivity index (χ0) is 6.41. The fourth-order valence-electron chi connectivity index (χ4n) is 0.480. The van der Waals surface area contributed by atoms with Gasteiger partial charge in [0, 0.05) is 21.7 Å². The standard InChI is InChI=1S/C6H7.C2H6.ClH.Ti/c1-6-4-2-3-5-6;1-2;;/h2,4H,5H2,1H3;1-2H3;1H;/q-1;;;. The van der Waals surface area contributed by atoms with Gasteiger partial charge in [-0.25, -0.2) is 12.2 Å². The summed E-state index contributed by atoms with van der Waals surface area (Å²) < 4.78 is 0. The molecule has 0 N–H and O–H groups in total. The summed E-state index contributed by atoms with van der Waals surface area (Å²) in [4.78, 5) is 0. The van der Waals surface area contributed by atoms with Crippen molar-refractivity contribution in [2.24, 2.45) is 0 Å². The Bertz CT molecular complexity index is 106. The molecular weight excluding hydrogens is 179 g/mol. The Morgan fingerprint density at radius 3 is 2.00 bits per heavy atom. The molecule has 0 fully saturated rings. The molecule has 1 rings (SSSR count). The molecule has 0 heterocycles. The van der Waals surface area contributed by atoms with Crippen LogP contribution in [0, 0.1) is 6.08 Å². The Hall–Kier alpha value is 0.484. The van der Waals surface area contributed by atoms with Gasteiger partial charge in [0.1, 0.15) is 0 Å². The molecule has 0 aromatic heterocycles. The molecule has 0 unspecified atom stereocenters. The molecule has 0 bridgehead atoms. The van der Waals surface area contributed by atoms with Crippen LogP contribution in [0.2, 0.25) is 0 Å². The molecule has 1 aliphatic rings. The third-order valence-electron chi connectivity index (χ3n) is 0.867. The Labute approximate surface area is 85.1 Å². The molecule has 0 radical (unpaired) electrons. The molecular formula is C8H14ClTi-. The Kier molecular flexibility index (Phi) is 20.5. The molecule has 0 nitrogen and oxygen atoms in total. The SMILES string of the molecule is CC.CC1=CC=[C-]C1.Cl.[Ti]. The molecule has 0 spiro atoms. The van der Waals surface area contributed by atoms with Crippen molar-refractivity contribution in [2.75, 3.05) is 0 Å². The summed E-state index contributed by atoms with van der Waals surface area (Å²) >= 11 is 0. The van der Waals surface area contributed by atoms with Crippen LogP contribution >= 0.6 is 12.4 Å². The number of hydrogen-bond donors (Lipinski definition) is 0. The summed E-state index contributed by atoms with van der Waals surface area (Å²) in [6.07, 6.45) is 8.15. The van der Waals surface area contributed by atoms with E-state index in [0.29, 0.717) is 0 Å². The summed E-state index contributed by atoms with van der Waals surface area (Å²) in [6.45, 7) is 6.11. The Morgan fingerprint density at radius 2 is 1.90 bits per heavy atom. The van der Waals surface area contributed by atoms with Crippen molar-refractivity contribution >= 4 is 12.4 Å². The van der Waals surface area contributed by atoms with E-state index in [1.54, 1.807) is 0 Å². The van der Waals surface area contributed by atoms with Gasteiger partial charge in [-0.2, -0.15) is 5.57 Å². The zero-order valence-electron chi connectivity index (χ0n) is 6.77. The van der Waals surface area contributed by atoms with E-state index in [9.17, 15) is 0 Å². The van der Waals surface area contributed by atoms with Crippen LogP contribution in [-0.2, 0) is 21.7 Å². The number of halogens is 1. The Morgan fingerprint density at radius 1 is 1.40 bits per heavy atom. The van der Waals surface area contributed by atoms with Crippen LogP contribution in [0.25, 0.3) is 0 Å². The summed E-state index contributed by atoms with van der Waals surface area (Å²) in [5.41, 5.74) is 1.41. The van der Waals surface area contributed by atoms with Gasteiger partial charge in [-0.05, 0) is 0 Å². The molecule has 58 valence electrons. The van der Waals surface area contributed by atoms with Gasteiger partial charge in [0.15, 0.2) is 0 Å². The van der Waals surface area contributed by atoms with Gasteiger partial charge in [0.2, 0.25) is 0 Å². The minimum atomic E-state index is 0. The first-order valence-electron chi connectivity index (χ1n) is 3.12. The number of rotatable bonds is 0. The van der Waals surface area contributed by atoms with Gasteiger partial charge in [0.25, 0.3) is 0 Å². The van der Waals surface area contributed by atoms with Crippen LogP contribution in [0.3, 0.4) is 0 Å². The van der Waals surface area contributed by atoms with Crippen LogP contribution in [-0.4, -0.2) is 0 Å². The zero-order valence-corrected chi connectivity index (χ0v) is 9.15. The van der Waals surface area contributed by atoms with Gasteiger partial charge < -0.3 is 0 Å². The molecule has 10 heavy (non-hydrogen) atoms. The van der Waals surface area contributed by atoms with Crippen molar-refractivity contribution in [1.29, 1.82) is 0 Å². The quantitative estimate of drug-likeness (QED) is 0.410. The molecule has 0 amide bonds. The second-order valence-electron chi connectivity index (χ2n) is 1.56. The molecule has 1 aliphatic carbocycles. The second-order valence-corrected chi connectivity index (χ2v) is 1.56. The van der Waals surface area contributed by atoms with Gasteiger partial charge in [-0.3, -0.25) is 6.08 Å². The predicted octanol–water partition coefficient (Wildman–Crippen LogP) is 3.14. The first kappa shape index (κ1) is 16.8. The van der Waals surface area contributed by atoms with E-state index >= 15 is 0 Å². The fourth-order valence-corrected chi connectivity index (χ4v) is 0.480.